The Balaban J connectivity index is 2.38. The van der Waals surface area contributed by atoms with Crippen LogP contribution >= 0.6 is 15.9 Å². The van der Waals surface area contributed by atoms with Crippen LogP contribution in [0.4, 0.5) is 0 Å². The minimum absolute atomic E-state index is 0.463. The Morgan fingerprint density at radius 2 is 1.68 bits per heavy atom. The third-order valence-corrected chi connectivity index (χ3v) is 4.50. The number of aliphatic hydroxyl groups excluding tert-OH is 1. The van der Waals surface area contributed by atoms with Gasteiger partial charge in [0.2, 0.25) is 5.75 Å². The Hall–Kier alpha value is -2.18. The van der Waals surface area contributed by atoms with E-state index in [2.05, 4.69) is 15.9 Å². The second kappa shape index (κ2) is 8.78. The smallest absolute Gasteiger partial charge is 0.204 e. The molecule has 0 saturated heterocycles. The number of aliphatic hydroxyl groups is 1. The van der Waals surface area contributed by atoms with Gasteiger partial charge in [-0.2, -0.15) is 0 Å². The molecule has 0 aromatic heterocycles. The van der Waals surface area contributed by atoms with Crippen LogP contribution in [-0.4, -0.2) is 33.5 Å². The maximum Gasteiger partial charge on any atom is 0.204 e. The van der Waals surface area contributed by atoms with Crippen LogP contribution in [0.3, 0.4) is 0 Å². The lowest BCUT2D eigenvalue weighted by Crippen LogP contribution is -2.02. The quantitative estimate of drug-likeness (QED) is 0.742. The topological polar surface area (TPSA) is 57.2 Å². The van der Waals surface area contributed by atoms with Gasteiger partial charge in [-0.3, -0.25) is 0 Å². The minimum Gasteiger partial charge on any atom is -0.497 e. The number of methoxy groups -OCH3 is 4. The van der Waals surface area contributed by atoms with Gasteiger partial charge >= 0.3 is 0 Å². The molecule has 25 heavy (non-hydrogen) atoms. The lowest BCUT2D eigenvalue weighted by molar-refractivity contribution is 0.226. The summed E-state index contributed by atoms with van der Waals surface area (Å²) in [6, 6.07) is 9.28. The molecule has 0 bridgehead atoms. The van der Waals surface area contributed by atoms with Gasteiger partial charge in [0.1, 0.15) is 5.75 Å². The molecule has 2 aromatic carbocycles. The van der Waals surface area contributed by atoms with Crippen molar-refractivity contribution in [1.29, 1.82) is 0 Å². The van der Waals surface area contributed by atoms with E-state index in [1.165, 1.54) is 21.3 Å². The first-order chi connectivity index (χ1) is 12.0. The van der Waals surface area contributed by atoms with Crippen molar-refractivity contribution in [3.63, 3.8) is 0 Å². The first-order valence-corrected chi connectivity index (χ1v) is 8.33. The van der Waals surface area contributed by atoms with Crippen LogP contribution in [0.2, 0.25) is 0 Å². The van der Waals surface area contributed by atoms with Gasteiger partial charge in [-0.25, -0.2) is 0 Å². The number of benzene rings is 2. The minimum atomic E-state index is -0.866. The molecule has 1 unspecified atom stereocenters. The summed E-state index contributed by atoms with van der Waals surface area (Å²) in [5.41, 5.74) is 1.52. The molecular weight excluding hydrogens is 388 g/mol. The van der Waals surface area contributed by atoms with Gasteiger partial charge in [0, 0.05) is 5.56 Å². The maximum absolute atomic E-state index is 10.6. The van der Waals surface area contributed by atoms with Gasteiger partial charge in [-0.05, 0) is 39.7 Å². The summed E-state index contributed by atoms with van der Waals surface area (Å²) >= 11 is 3.47. The summed E-state index contributed by atoms with van der Waals surface area (Å²) < 4.78 is 21.9. The molecular formula is C19H21BrO5. The second-order valence-corrected chi connectivity index (χ2v) is 5.92. The van der Waals surface area contributed by atoms with Crippen LogP contribution in [0.25, 0.3) is 6.08 Å². The van der Waals surface area contributed by atoms with Crippen molar-refractivity contribution in [2.24, 2.45) is 0 Å². The lowest BCUT2D eigenvalue weighted by Gasteiger charge is -2.18. The molecule has 5 nitrogen and oxygen atoms in total. The average Bonchev–Trinajstić information content (AvgIpc) is 2.65. The predicted molar refractivity (Wildman–Crippen MR) is 101 cm³/mol. The molecule has 0 aliphatic carbocycles. The highest BCUT2D eigenvalue weighted by molar-refractivity contribution is 9.10. The average molecular weight is 409 g/mol. The summed E-state index contributed by atoms with van der Waals surface area (Å²) in [7, 11) is 6.22. The number of halogens is 1. The Kier molecular flexibility index (Phi) is 6.73. The molecule has 0 amide bonds. The molecule has 0 radical (unpaired) electrons. The van der Waals surface area contributed by atoms with E-state index >= 15 is 0 Å². The molecule has 0 fully saturated rings. The molecule has 0 aliphatic heterocycles. The Morgan fingerprint density at radius 3 is 2.28 bits per heavy atom. The van der Waals surface area contributed by atoms with Crippen molar-refractivity contribution in [3.05, 3.63) is 52.0 Å². The molecule has 0 aliphatic rings. The SMILES string of the molecule is COc1cccc(/C=C/C(O)c2cc(OC)c(OC)c(OC)c2Br)c1. The summed E-state index contributed by atoms with van der Waals surface area (Å²) in [5.74, 6) is 2.16. The fourth-order valence-electron chi connectivity index (χ4n) is 2.41. The summed E-state index contributed by atoms with van der Waals surface area (Å²) in [4.78, 5) is 0. The van der Waals surface area contributed by atoms with E-state index in [1.807, 2.05) is 30.3 Å². The Morgan fingerprint density at radius 1 is 0.960 bits per heavy atom. The van der Waals surface area contributed by atoms with E-state index in [0.29, 0.717) is 27.3 Å². The zero-order valence-corrected chi connectivity index (χ0v) is 16.2. The first-order valence-electron chi connectivity index (χ1n) is 7.54. The molecule has 134 valence electrons. The highest BCUT2D eigenvalue weighted by Gasteiger charge is 2.21. The van der Waals surface area contributed by atoms with Gasteiger partial charge in [0.15, 0.2) is 11.5 Å². The molecule has 0 saturated carbocycles. The van der Waals surface area contributed by atoms with Gasteiger partial charge in [0.05, 0.1) is 39.0 Å². The summed E-state index contributed by atoms with van der Waals surface area (Å²) in [6.07, 6.45) is 2.64. The maximum atomic E-state index is 10.6. The second-order valence-electron chi connectivity index (χ2n) is 5.13. The van der Waals surface area contributed by atoms with Crippen molar-refractivity contribution in [2.75, 3.05) is 28.4 Å². The molecule has 1 N–H and O–H groups in total. The van der Waals surface area contributed by atoms with E-state index < -0.39 is 6.10 Å². The van der Waals surface area contributed by atoms with Crippen LogP contribution in [0.1, 0.15) is 17.2 Å². The molecule has 1 atom stereocenters. The summed E-state index contributed by atoms with van der Waals surface area (Å²) in [5, 5.41) is 10.6. The van der Waals surface area contributed by atoms with Crippen LogP contribution in [0, 0.1) is 0 Å². The van der Waals surface area contributed by atoms with Crippen LogP contribution in [0.5, 0.6) is 23.0 Å². The van der Waals surface area contributed by atoms with Gasteiger partial charge in [-0.1, -0.05) is 24.3 Å². The number of hydrogen-bond acceptors (Lipinski definition) is 5. The van der Waals surface area contributed by atoms with Crippen molar-refractivity contribution in [3.8, 4) is 23.0 Å². The lowest BCUT2D eigenvalue weighted by atomic mass is 10.1. The highest BCUT2D eigenvalue weighted by Crippen LogP contribution is 2.46. The van der Waals surface area contributed by atoms with E-state index in [-0.39, 0.29) is 0 Å². The Labute approximate surface area is 155 Å². The number of ether oxygens (including phenoxy) is 4. The molecule has 2 aromatic rings. The molecule has 0 spiro atoms. The van der Waals surface area contributed by atoms with E-state index in [9.17, 15) is 5.11 Å². The van der Waals surface area contributed by atoms with Crippen molar-refractivity contribution in [2.45, 2.75) is 6.10 Å². The van der Waals surface area contributed by atoms with E-state index in [0.717, 1.165) is 11.3 Å². The third kappa shape index (κ3) is 4.27. The Bertz CT molecular complexity index is 758. The molecule has 2 rings (SSSR count). The molecule has 0 heterocycles. The normalized spacial score (nSPS) is 12.1. The fraction of sp³-hybridized carbons (Fsp3) is 0.263. The fourth-order valence-corrected chi connectivity index (χ4v) is 3.10. The van der Waals surface area contributed by atoms with Crippen molar-refractivity contribution >= 4 is 22.0 Å². The number of hydrogen-bond donors (Lipinski definition) is 1. The van der Waals surface area contributed by atoms with Gasteiger partial charge in [-0.15, -0.1) is 0 Å². The van der Waals surface area contributed by atoms with Crippen LogP contribution in [0.15, 0.2) is 40.9 Å². The predicted octanol–water partition coefficient (Wildman–Crippen LogP) is 4.23. The summed E-state index contributed by atoms with van der Waals surface area (Å²) in [6.45, 7) is 0. The molecule has 6 heteroatoms. The van der Waals surface area contributed by atoms with Gasteiger partial charge < -0.3 is 24.1 Å². The van der Waals surface area contributed by atoms with E-state index in [4.69, 9.17) is 18.9 Å². The van der Waals surface area contributed by atoms with Gasteiger partial charge in [0.25, 0.3) is 0 Å². The van der Waals surface area contributed by atoms with Crippen molar-refractivity contribution < 1.29 is 24.1 Å². The number of rotatable bonds is 7. The van der Waals surface area contributed by atoms with Crippen LogP contribution < -0.4 is 18.9 Å². The largest absolute Gasteiger partial charge is 0.497 e. The first kappa shape index (κ1) is 19.1. The highest BCUT2D eigenvalue weighted by atomic mass is 79.9. The standard InChI is InChI=1S/C19H21BrO5/c1-22-13-7-5-6-12(10-13)8-9-15(21)14-11-16(23-2)18(24-3)19(25-4)17(14)20/h5-11,15,21H,1-4H3/b9-8+. The zero-order valence-electron chi connectivity index (χ0n) is 14.6. The van der Waals surface area contributed by atoms with Crippen molar-refractivity contribution in [1.82, 2.24) is 0 Å². The third-order valence-electron chi connectivity index (χ3n) is 3.68. The zero-order chi connectivity index (χ0) is 18.4. The van der Waals surface area contributed by atoms with E-state index in [1.54, 1.807) is 19.3 Å². The van der Waals surface area contributed by atoms with Crippen LogP contribution in [-0.2, 0) is 0 Å². The monoisotopic (exact) mass is 408 g/mol.